The lowest BCUT2D eigenvalue weighted by Crippen LogP contribution is -2.22. The van der Waals surface area contributed by atoms with E-state index >= 15 is 0 Å². The van der Waals surface area contributed by atoms with E-state index in [1.165, 1.54) is 51.2 Å². The average molecular weight is 476 g/mol. The minimum atomic E-state index is -3.64. The second-order valence-electron chi connectivity index (χ2n) is 7.11. The Kier molecular flexibility index (Phi) is 7.54. The van der Waals surface area contributed by atoms with Crippen LogP contribution in [0.3, 0.4) is 0 Å². The first-order valence-corrected chi connectivity index (χ1v) is 12.1. The molecule has 3 rings (SSSR count). The van der Waals surface area contributed by atoms with Gasteiger partial charge in [0, 0.05) is 27.6 Å². The fourth-order valence-corrected chi connectivity index (χ4v) is 4.53. The van der Waals surface area contributed by atoms with Crippen molar-refractivity contribution in [1.29, 1.82) is 0 Å². The molecule has 1 N–H and O–H groups in total. The van der Waals surface area contributed by atoms with Gasteiger partial charge in [0.2, 0.25) is 15.9 Å². The highest BCUT2D eigenvalue weighted by Crippen LogP contribution is 2.29. The average Bonchev–Trinajstić information content (AvgIpc) is 3.12. The lowest BCUT2D eigenvalue weighted by molar-refractivity contribution is -0.113. The van der Waals surface area contributed by atoms with Gasteiger partial charge in [-0.25, -0.2) is 12.7 Å². The maximum absolute atomic E-state index is 12.6. The summed E-state index contributed by atoms with van der Waals surface area (Å²) in [5, 5.41) is 11.7. The molecular weight excluding hydrogens is 450 g/mol. The van der Waals surface area contributed by atoms with Gasteiger partial charge in [-0.3, -0.25) is 4.79 Å². The monoisotopic (exact) mass is 475 g/mol. The number of amides is 1. The van der Waals surface area contributed by atoms with Gasteiger partial charge in [-0.05, 0) is 23.8 Å². The van der Waals surface area contributed by atoms with Gasteiger partial charge in [0.05, 0.1) is 23.4 Å². The molecule has 1 heterocycles. The quantitative estimate of drug-likeness (QED) is 0.474. The van der Waals surface area contributed by atoms with Crippen molar-refractivity contribution in [2.24, 2.45) is 7.05 Å². The number of ether oxygens (including phenoxy) is 1. The van der Waals surface area contributed by atoms with Gasteiger partial charge in [0.15, 0.2) is 5.16 Å². The molecule has 0 atom stereocenters. The maximum atomic E-state index is 12.6. The predicted octanol–water partition coefficient (Wildman–Crippen LogP) is 2.40. The van der Waals surface area contributed by atoms with Crippen LogP contribution in [-0.4, -0.2) is 60.4 Å². The predicted molar refractivity (Wildman–Crippen MR) is 123 cm³/mol. The van der Waals surface area contributed by atoms with Crippen molar-refractivity contribution in [3.8, 4) is 5.75 Å². The Bertz CT molecular complexity index is 1190. The number of carbonyl (C=O) groups is 1. The number of hydrogen-bond acceptors (Lipinski definition) is 7. The van der Waals surface area contributed by atoms with E-state index in [4.69, 9.17) is 4.74 Å². The van der Waals surface area contributed by atoms with Crippen LogP contribution in [0.25, 0.3) is 0 Å². The minimum absolute atomic E-state index is 0.0603. The number of hydrogen-bond donors (Lipinski definition) is 1. The molecule has 11 heteroatoms. The molecule has 32 heavy (non-hydrogen) atoms. The number of aromatic nitrogens is 3. The fourth-order valence-electron chi connectivity index (χ4n) is 2.88. The first-order chi connectivity index (χ1) is 15.2. The summed E-state index contributed by atoms with van der Waals surface area (Å²) in [5.41, 5.74) is 1.40. The zero-order chi connectivity index (χ0) is 23.3. The first-order valence-electron chi connectivity index (χ1n) is 9.67. The summed E-state index contributed by atoms with van der Waals surface area (Å²) in [6, 6.07) is 14.3. The standard InChI is InChI=1S/C21H25N5O4S2/c1-25(2)32(28,29)16-10-11-18(30-4)17(13-16)22-20(27)14-31-21-24-23-19(26(21)3)12-15-8-6-5-7-9-15/h5-11,13H,12,14H2,1-4H3,(H,22,27). The summed E-state index contributed by atoms with van der Waals surface area (Å²) < 4.78 is 33.0. The maximum Gasteiger partial charge on any atom is 0.242 e. The molecule has 3 aromatic rings. The number of methoxy groups -OCH3 is 1. The largest absolute Gasteiger partial charge is 0.495 e. The molecule has 0 aliphatic rings. The van der Waals surface area contributed by atoms with Gasteiger partial charge >= 0.3 is 0 Å². The van der Waals surface area contributed by atoms with Crippen molar-refractivity contribution < 1.29 is 17.9 Å². The van der Waals surface area contributed by atoms with Crippen LogP contribution in [0.2, 0.25) is 0 Å². The molecule has 0 spiro atoms. The number of sulfonamides is 1. The van der Waals surface area contributed by atoms with Crippen LogP contribution in [-0.2, 0) is 28.3 Å². The number of nitrogens with one attached hydrogen (secondary N) is 1. The molecule has 1 amide bonds. The molecule has 0 fully saturated rings. The summed E-state index contributed by atoms with van der Waals surface area (Å²) in [6.45, 7) is 0. The van der Waals surface area contributed by atoms with Crippen molar-refractivity contribution in [2.75, 3.05) is 32.3 Å². The Balaban J connectivity index is 1.68. The molecule has 170 valence electrons. The van der Waals surface area contributed by atoms with Crippen LogP contribution in [0.15, 0.2) is 58.6 Å². The highest BCUT2D eigenvalue weighted by molar-refractivity contribution is 7.99. The SMILES string of the molecule is COc1ccc(S(=O)(=O)N(C)C)cc1NC(=O)CSc1nnc(Cc2ccccc2)n1C. The lowest BCUT2D eigenvalue weighted by atomic mass is 10.1. The number of thioether (sulfide) groups is 1. The highest BCUT2D eigenvalue weighted by Gasteiger charge is 2.20. The number of anilines is 1. The summed E-state index contributed by atoms with van der Waals surface area (Å²) in [7, 11) is 2.56. The highest BCUT2D eigenvalue weighted by atomic mass is 32.2. The Morgan fingerprint density at radius 3 is 2.53 bits per heavy atom. The van der Waals surface area contributed by atoms with Gasteiger partial charge in [0.1, 0.15) is 11.6 Å². The molecule has 0 unspecified atom stereocenters. The van der Waals surface area contributed by atoms with E-state index < -0.39 is 10.0 Å². The van der Waals surface area contributed by atoms with Crippen LogP contribution < -0.4 is 10.1 Å². The third-order valence-corrected chi connectivity index (χ3v) is 7.52. The van der Waals surface area contributed by atoms with E-state index in [9.17, 15) is 13.2 Å². The van der Waals surface area contributed by atoms with Gasteiger partial charge in [-0.15, -0.1) is 10.2 Å². The Hall–Kier alpha value is -2.89. The number of rotatable bonds is 9. The smallest absolute Gasteiger partial charge is 0.242 e. The zero-order valence-electron chi connectivity index (χ0n) is 18.3. The van der Waals surface area contributed by atoms with E-state index in [0.29, 0.717) is 17.3 Å². The number of nitrogens with zero attached hydrogens (tertiary/aromatic N) is 4. The van der Waals surface area contributed by atoms with Gasteiger partial charge in [-0.1, -0.05) is 42.1 Å². The van der Waals surface area contributed by atoms with Crippen LogP contribution in [0, 0.1) is 0 Å². The van der Waals surface area contributed by atoms with Crippen LogP contribution in [0.4, 0.5) is 5.69 Å². The molecule has 0 aliphatic carbocycles. The van der Waals surface area contributed by atoms with Gasteiger partial charge < -0.3 is 14.6 Å². The molecule has 2 aromatic carbocycles. The fraction of sp³-hybridized carbons (Fsp3) is 0.286. The molecule has 0 radical (unpaired) electrons. The molecule has 0 bridgehead atoms. The summed E-state index contributed by atoms with van der Waals surface area (Å²) in [5.74, 6) is 0.915. The number of benzene rings is 2. The summed E-state index contributed by atoms with van der Waals surface area (Å²) in [6.07, 6.45) is 0.640. The number of carbonyl (C=O) groups excluding carboxylic acids is 1. The topological polar surface area (TPSA) is 106 Å². The van der Waals surface area contributed by atoms with Crippen LogP contribution in [0.1, 0.15) is 11.4 Å². The van der Waals surface area contributed by atoms with Crippen molar-refractivity contribution >= 4 is 33.4 Å². The Morgan fingerprint density at radius 2 is 1.88 bits per heavy atom. The van der Waals surface area contributed by atoms with E-state index in [0.717, 1.165) is 15.7 Å². The van der Waals surface area contributed by atoms with E-state index in [1.807, 2.05) is 41.9 Å². The van der Waals surface area contributed by atoms with E-state index in [-0.39, 0.29) is 22.2 Å². The second-order valence-corrected chi connectivity index (χ2v) is 10.2. The summed E-state index contributed by atoms with van der Waals surface area (Å²) >= 11 is 1.24. The molecule has 0 saturated heterocycles. The zero-order valence-corrected chi connectivity index (χ0v) is 19.9. The van der Waals surface area contributed by atoms with E-state index in [1.54, 1.807) is 0 Å². The lowest BCUT2D eigenvalue weighted by Gasteiger charge is -2.15. The van der Waals surface area contributed by atoms with Crippen molar-refractivity contribution in [1.82, 2.24) is 19.1 Å². The second kappa shape index (κ2) is 10.2. The summed E-state index contributed by atoms with van der Waals surface area (Å²) in [4.78, 5) is 12.6. The molecular formula is C21H25N5O4S2. The molecule has 0 saturated carbocycles. The molecule has 1 aromatic heterocycles. The molecule has 0 aliphatic heterocycles. The van der Waals surface area contributed by atoms with Crippen molar-refractivity contribution in [3.63, 3.8) is 0 Å². The minimum Gasteiger partial charge on any atom is -0.495 e. The third kappa shape index (κ3) is 5.47. The van der Waals surface area contributed by atoms with Gasteiger partial charge in [0.25, 0.3) is 0 Å². The molecule has 9 nitrogen and oxygen atoms in total. The Labute approximate surface area is 191 Å². The van der Waals surface area contributed by atoms with Crippen LogP contribution >= 0.6 is 11.8 Å². The first kappa shape index (κ1) is 23.8. The van der Waals surface area contributed by atoms with Crippen LogP contribution in [0.5, 0.6) is 5.75 Å². The van der Waals surface area contributed by atoms with Gasteiger partial charge in [-0.2, -0.15) is 0 Å². The van der Waals surface area contributed by atoms with E-state index in [2.05, 4.69) is 15.5 Å². The van der Waals surface area contributed by atoms with Crippen molar-refractivity contribution in [3.05, 3.63) is 59.9 Å². The normalized spacial score (nSPS) is 11.5. The Morgan fingerprint density at radius 1 is 1.16 bits per heavy atom. The third-order valence-electron chi connectivity index (χ3n) is 4.69. The van der Waals surface area contributed by atoms with Crippen molar-refractivity contribution in [2.45, 2.75) is 16.5 Å².